The van der Waals surface area contributed by atoms with E-state index in [1.165, 1.54) is 6.42 Å². The highest BCUT2D eigenvalue weighted by molar-refractivity contribution is 6.20. The van der Waals surface area contributed by atoms with Crippen LogP contribution in [0.25, 0.3) is 0 Å². The van der Waals surface area contributed by atoms with Gasteiger partial charge in [0.15, 0.2) is 0 Å². The topological polar surface area (TPSA) is 18.5 Å². The second kappa shape index (κ2) is 10.3. The Morgan fingerprint density at radius 3 is 2.54 bits per heavy atom. The second-order valence-corrected chi connectivity index (χ2v) is 3.78. The van der Waals surface area contributed by atoms with Crippen LogP contribution < -0.4 is 0 Å². The second-order valence-electron chi connectivity index (χ2n) is 3.16. The lowest BCUT2D eigenvalue weighted by Crippen LogP contribution is -2.08. The molecule has 0 heterocycles. The zero-order chi connectivity index (χ0) is 9.94. The molecular weight excluding hydrogens is 188 g/mol. The molecule has 13 heavy (non-hydrogen) atoms. The molecule has 0 N–H and O–H groups in total. The van der Waals surface area contributed by atoms with Crippen LogP contribution in [0.5, 0.6) is 0 Å². The number of rotatable bonds is 9. The minimum absolute atomic E-state index is 0.139. The first-order valence-electron chi connectivity index (χ1n) is 5.02. The first-order chi connectivity index (χ1) is 6.31. The number of methoxy groups -OCH3 is 1. The van der Waals surface area contributed by atoms with Gasteiger partial charge in [-0.05, 0) is 19.3 Å². The van der Waals surface area contributed by atoms with Gasteiger partial charge in [-0.3, -0.25) is 0 Å². The van der Waals surface area contributed by atoms with Crippen molar-refractivity contribution in [2.75, 3.05) is 26.9 Å². The van der Waals surface area contributed by atoms with E-state index in [0.29, 0.717) is 6.61 Å². The molecule has 0 saturated carbocycles. The molecule has 0 aliphatic carbocycles. The molecule has 0 amide bonds. The van der Waals surface area contributed by atoms with E-state index in [1.54, 1.807) is 7.11 Å². The van der Waals surface area contributed by atoms with Crippen LogP contribution in [-0.4, -0.2) is 32.3 Å². The molecule has 0 radical (unpaired) electrons. The summed E-state index contributed by atoms with van der Waals surface area (Å²) in [6, 6.07) is 0. The average molecular weight is 209 g/mol. The molecular formula is C10H21ClO2. The van der Waals surface area contributed by atoms with Crippen LogP contribution >= 0.6 is 11.6 Å². The number of hydrogen-bond acceptors (Lipinski definition) is 2. The lowest BCUT2D eigenvalue weighted by Gasteiger charge is -2.07. The van der Waals surface area contributed by atoms with Crippen molar-refractivity contribution < 1.29 is 9.47 Å². The Labute approximate surface area is 86.6 Å². The Bertz CT molecular complexity index is 98.9. The molecule has 0 rings (SSSR count). The van der Waals surface area contributed by atoms with Crippen molar-refractivity contribution in [3.63, 3.8) is 0 Å². The van der Waals surface area contributed by atoms with Crippen LogP contribution in [0.2, 0.25) is 0 Å². The third-order valence-corrected chi connectivity index (χ3v) is 2.14. The van der Waals surface area contributed by atoms with E-state index in [0.717, 1.165) is 32.5 Å². The summed E-state index contributed by atoms with van der Waals surface area (Å²) in [6.45, 7) is 4.51. The van der Waals surface area contributed by atoms with Crippen LogP contribution in [0.1, 0.15) is 32.6 Å². The van der Waals surface area contributed by atoms with Gasteiger partial charge in [0.2, 0.25) is 0 Å². The molecule has 0 aromatic carbocycles. The lowest BCUT2D eigenvalue weighted by atomic mass is 10.2. The number of ether oxygens (including phenoxy) is 2. The van der Waals surface area contributed by atoms with Crippen molar-refractivity contribution in [1.29, 1.82) is 0 Å². The normalized spacial score (nSPS) is 13.2. The maximum absolute atomic E-state index is 5.94. The summed E-state index contributed by atoms with van der Waals surface area (Å²) in [4.78, 5) is 0. The standard InChI is InChI=1S/C10H21ClO2/c1-3-4-7-13-8-5-6-10(11)9-12-2/h10H,3-9H2,1-2H3. The van der Waals surface area contributed by atoms with E-state index in [-0.39, 0.29) is 5.38 Å². The van der Waals surface area contributed by atoms with Gasteiger partial charge in [-0.2, -0.15) is 0 Å². The molecule has 0 aliphatic heterocycles. The van der Waals surface area contributed by atoms with Crippen LogP contribution in [-0.2, 0) is 9.47 Å². The molecule has 0 fully saturated rings. The van der Waals surface area contributed by atoms with Crippen LogP contribution in [0.15, 0.2) is 0 Å². The summed E-state index contributed by atoms with van der Waals surface area (Å²) in [7, 11) is 1.67. The summed E-state index contributed by atoms with van der Waals surface area (Å²) < 4.78 is 10.3. The first kappa shape index (κ1) is 13.2. The SMILES string of the molecule is CCCCOCCCC(Cl)COC. The maximum Gasteiger partial charge on any atom is 0.0626 e. The number of alkyl halides is 1. The zero-order valence-electron chi connectivity index (χ0n) is 8.72. The molecule has 0 spiro atoms. The van der Waals surface area contributed by atoms with Crippen molar-refractivity contribution in [1.82, 2.24) is 0 Å². The summed E-state index contributed by atoms with van der Waals surface area (Å²) in [6.07, 6.45) is 4.35. The van der Waals surface area contributed by atoms with Crippen molar-refractivity contribution in [3.05, 3.63) is 0 Å². The van der Waals surface area contributed by atoms with Crippen LogP contribution in [0.3, 0.4) is 0 Å². The summed E-state index contributed by atoms with van der Waals surface area (Å²) in [5.41, 5.74) is 0. The molecule has 1 unspecified atom stereocenters. The van der Waals surface area contributed by atoms with E-state index in [1.807, 2.05) is 0 Å². The zero-order valence-corrected chi connectivity index (χ0v) is 9.48. The van der Waals surface area contributed by atoms with E-state index in [9.17, 15) is 0 Å². The van der Waals surface area contributed by atoms with Crippen LogP contribution in [0, 0.1) is 0 Å². The molecule has 0 aromatic heterocycles. The van der Waals surface area contributed by atoms with Gasteiger partial charge in [0.05, 0.1) is 12.0 Å². The molecule has 80 valence electrons. The maximum atomic E-state index is 5.94. The highest BCUT2D eigenvalue weighted by Crippen LogP contribution is 2.05. The first-order valence-corrected chi connectivity index (χ1v) is 5.45. The summed E-state index contributed by atoms with van der Waals surface area (Å²) >= 11 is 5.94. The third kappa shape index (κ3) is 10.1. The Morgan fingerprint density at radius 1 is 1.23 bits per heavy atom. The largest absolute Gasteiger partial charge is 0.383 e. The van der Waals surface area contributed by atoms with Crippen molar-refractivity contribution in [3.8, 4) is 0 Å². The molecule has 0 saturated heterocycles. The van der Waals surface area contributed by atoms with Gasteiger partial charge in [-0.1, -0.05) is 13.3 Å². The fraction of sp³-hybridized carbons (Fsp3) is 1.00. The van der Waals surface area contributed by atoms with Gasteiger partial charge in [-0.25, -0.2) is 0 Å². The molecule has 0 aromatic rings. The Balaban J connectivity index is 2.97. The molecule has 1 atom stereocenters. The monoisotopic (exact) mass is 208 g/mol. The smallest absolute Gasteiger partial charge is 0.0626 e. The van der Waals surface area contributed by atoms with Gasteiger partial charge in [-0.15, -0.1) is 11.6 Å². The van der Waals surface area contributed by atoms with E-state index in [2.05, 4.69) is 6.92 Å². The quantitative estimate of drug-likeness (QED) is 0.429. The fourth-order valence-electron chi connectivity index (χ4n) is 1.02. The average Bonchev–Trinajstić information content (AvgIpc) is 2.11. The minimum Gasteiger partial charge on any atom is -0.383 e. The molecule has 2 nitrogen and oxygen atoms in total. The van der Waals surface area contributed by atoms with Gasteiger partial charge in [0, 0.05) is 20.3 Å². The Morgan fingerprint density at radius 2 is 1.92 bits per heavy atom. The Hall–Kier alpha value is 0.210. The minimum atomic E-state index is 0.139. The van der Waals surface area contributed by atoms with Gasteiger partial charge >= 0.3 is 0 Å². The molecule has 0 aliphatic rings. The predicted molar refractivity (Wildman–Crippen MR) is 56.5 cm³/mol. The van der Waals surface area contributed by atoms with Crippen molar-refractivity contribution in [2.24, 2.45) is 0 Å². The van der Waals surface area contributed by atoms with Crippen LogP contribution in [0.4, 0.5) is 0 Å². The highest BCUT2D eigenvalue weighted by Gasteiger charge is 2.02. The van der Waals surface area contributed by atoms with Gasteiger partial charge in [0.25, 0.3) is 0 Å². The van der Waals surface area contributed by atoms with E-state index < -0.39 is 0 Å². The van der Waals surface area contributed by atoms with E-state index in [4.69, 9.17) is 21.1 Å². The summed E-state index contributed by atoms with van der Waals surface area (Å²) in [5.74, 6) is 0. The predicted octanol–water partition coefficient (Wildman–Crippen LogP) is 2.84. The number of hydrogen-bond donors (Lipinski definition) is 0. The molecule has 0 bridgehead atoms. The van der Waals surface area contributed by atoms with Gasteiger partial charge in [0.1, 0.15) is 0 Å². The number of halogens is 1. The lowest BCUT2D eigenvalue weighted by molar-refractivity contribution is 0.124. The van der Waals surface area contributed by atoms with Gasteiger partial charge < -0.3 is 9.47 Å². The van der Waals surface area contributed by atoms with Crippen molar-refractivity contribution in [2.45, 2.75) is 38.0 Å². The Kier molecular flexibility index (Phi) is 10.5. The highest BCUT2D eigenvalue weighted by atomic mass is 35.5. The third-order valence-electron chi connectivity index (χ3n) is 1.80. The number of unbranched alkanes of at least 4 members (excludes halogenated alkanes) is 1. The van der Waals surface area contributed by atoms with E-state index >= 15 is 0 Å². The fourth-order valence-corrected chi connectivity index (χ4v) is 1.30. The molecule has 3 heteroatoms. The summed E-state index contributed by atoms with van der Waals surface area (Å²) in [5, 5.41) is 0.139. The van der Waals surface area contributed by atoms with Crippen molar-refractivity contribution >= 4 is 11.6 Å².